The van der Waals surface area contributed by atoms with Crippen molar-refractivity contribution in [3.8, 4) is 0 Å². The van der Waals surface area contributed by atoms with Crippen LogP contribution in [0.25, 0.3) is 0 Å². The van der Waals surface area contributed by atoms with E-state index in [1.165, 1.54) is 6.42 Å². The summed E-state index contributed by atoms with van der Waals surface area (Å²) in [6.07, 6.45) is 3.15. The number of ether oxygens (including phenoxy) is 1. The van der Waals surface area contributed by atoms with Crippen molar-refractivity contribution in [2.75, 3.05) is 19.6 Å². The molecule has 1 aromatic carbocycles. The Bertz CT molecular complexity index is 704. The smallest absolute Gasteiger partial charge is 0.243 e. The van der Waals surface area contributed by atoms with Crippen molar-refractivity contribution in [1.82, 2.24) is 9.21 Å². The third-order valence-electron chi connectivity index (χ3n) is 5.51. The lowest BCUT2D eigenvalue weighted by atomic mass is 10.1. The maximum Gasteiger partial charge on any atom is 0.243 e. The topological polar surface area (TPSA) is 49.9 Å². The molecule has 0 radical (unpaired) electrons. The van der Waals surface area contributed by atoms with Gasteiger partial charge in [0.15, 0.2) is 0 Å². The van der Waals surface area contributed by atoms with E-state index in [2.05, 4.69) is 11.8 Å². The summed E-state index contributed by atoms with van der Waals surface area (Å²) >= 11 is 0. The quantitative estimate of drug-likeness (QED) is 0.847. The molecular formula is C17H24N2O3S. The van der Waals surface area contributed by atoms with Gasteiger partial charge in [0.2, 0.25) is 10.0 Å². The second kappa shape index (κ2) is 5.84. The molecule has 6 heteroatoms. The fraction of sp³-hybridized carbons (Fsp3) is 0.647. The van der Waals surface area contributed by atoms with Crippen LogP contribution >= 0.6 is 0 Å². The summed E-state index contributed by atoms with van der Waals surface area (Å²) in [5.74, 6) is 0. The number of rotatable bonds is 3. The van der Waals surface area contributed by atoms with Crippen LogP contribution in [-0.4, -0.2) is 49.3 Å². The van der Waals surface area contributed by atoms with E-state index in [0.717, 1.165) is 37.1 Å². The Morgan fingerprint density at radius 3 is 2.87 bits per heavy atom. The van der Waals surface area contributed by atoms with Gasteiger partial charge in [-0.2, -0.15) is 4.31 Å². The zero-order chi connectivity index (χ0) is 16.0. The molecule has 0 amide bonds. The highest BCUT2D eigenvalue weighted by Crippen LogP contribution is 2.31. The summed E-state index contributed by atoms with van der Waals surface area (Å²) in [6, 6.07) is 5.94. The van der Waals surface area contributed by atoms with Crippen molar-refractivity contribution >= 4 is 10.0 Å². The average Bonchev–Trinajstić information content (AvgIpc) is 3.20. The summed E-state index contributed by atoms with van der Waals surface area (Å²) in [5, 5.41) is 0. The minimum absolute atomic E-state index is 0.0823. The minimum Gasteiger partial charge on any atom is -0.372 e. The fourth-order valence-corrected chi connectivity index (χ4v) is 5.91. The largest absolute Gasteiger partial charge is 0.372 e. The van der Waals surface area contributed by atoms with Crippen LogP contribution in [0.5, 0.6) is 0 Å². The van der Waals surface area contributed by atoms with Gasteiger partial charge in [-0.1, -0.05) is 13.0 Å². The third-order valence-corrected chi connectivity index (χ3v) is 7.43. The molecule has 2 saturated heterocycles. The first kappa shape index (κ1) is 15.6. The summed E-state index contributed by atoms with van der Waals surface area (Å²) in [7, 11) is -3.43. The lowest BCUT2D eigenvalue weighted by Crippen LogP contribution is -2.57. The summed E-state index contributed by atoms with van der Waals surface area (Å²) in [5.41, 5.74) is 2.12. The first-order valence-electron chi connectivity index (χ1n) is 8.55. The third kappa shape index (κ3) is 2.61. The van der Waals surface area contributed by atoms with Crippen molar-refractivity contribution in [1.29, 1.82) is 0 Å². The fourth-order valence-electron chi connectivity index (χ4n) is 4.13. The molecule has 1 aromatic rings. The van der Waals surface area contributed by atoms with Crippen LogP contribution in [0.1, 0.15) is 37.3 Å². The van der Waals surface area contributed by atoms with Gasteiger partial charge in [-0.15, -0.1) is 0 Å². The minimum atomic E-state index is -3.43. The predicted octanol–water partition coefficient (Wildman–Crippen LogP) is 1.96. The van der Waals surface area contributed by atoms with Gasteiger partial charge in [0.1, 0.15) is 0 Å². The molecule has 0 aliphatic carbocycles. The molecule has 0 aromatic heterocycles. The second-order valence-electron chi connectivity index (χ2n) is 6.85. The van der Waals surface area contributed by atoms with Crippen LogP contribution in [0, 0.1) is 0 Å². The van der Waals surface area contributed by atoms with Crippen LogP contribution in [0.2, 0.25) is 0 Å². The molecule has 2 fully saturated rings. The molecule has 3 aliphatic rings. The molecule has 2 atom stereocenters. The molecule has 3 heterocycles. The Morgan fingerprint density at radius 2 is 2.04 bits per heavy atom. The van der Waals surface area contributed by atoms with E-state index in [4.69, 9.17) is 4.74 Å². The number of fused-ring (bicyclic) bond motifs is 2. The molecule has 0 unspecified atom stereocenters. The Hall–Kier alpha value is -0.950. The van der Waals surface area contributed by atoms with Crippen molar-refractivity contribution in [3.63, 3.8) is 0 Å². The SMILES string of the molecule is CC[C@H]1CN2CCC[C@@H]2CN1S(=O)(=O)c1ccc2c(c1)COC2. The molecule has 0 spiro atoms. The molecule has 0 N–H and O–H groups in total. The van der Waals surface area contributed by atoms with Gasteiger partial charge in [0.05, 0.1) is 18.1 Å². The number of nitrogens with zero attached hydrogens (tertiary/aromatic N) is 2. The van der Waals surface area contributed by atoms with Crippen LogP contribution < -0.4 is 0 Å². The van der Waals surface area contributed by atoms with E-state index >= 15 is 0 Å². The van der Waals surface area contributed by atoms with Crippen LogP contribution in [0.4, 0.5) is 0 Å². The van der Waals surface area contributed by atoms with Crippen LogP contribution in [0.3, 0.4) is 0 Å². The highest BCUT2D eigenvalue weighted by molar-refractivity contribution is 7.89. The molecule has 126 valence electrons. The number of sulfonamides is 1. The molecule has 23 heavy (non-hydrogen) atoms. The first-order chi connectivity index (χ1) is 11.1. The Morgan fingerprint density at radius 1 is 1.22 bits per heavy atom. The normalized spacial score (nSPS) is 28.7. The van der Waals surface area contributed by atoms with E-state index < -0.39 is 10.0 Å². The van der Waals surface area contributed by atoms with Gasteiger partial charge in [0, 0.05) is 25.2 Å². The monoisotopic (exact) mass is 336 g/mol. The second-order valence-corrected chi connectivity index (χ2v) is 8.74. The number of benzene rings is 1. The molecule has 0 saturated carbocycles. The van der Waals surface area contributed by atoms with Crippen molar-refractivity contribution in [2.24, 2.45) is 0 Å². The van der Waals surface area contributed by atoms with Gasteiger partial charge in [0.25, 0.3) is 0 Å². The number of hydrogen-bond acceptors (Lipinski definition) is 4. The lowest BCUT2D eigenvalue weighted by molar-refractivity contribution is 0.106. The first-order valence-corrected chi connectivity index (χ1v) is 9.99. The number of piperazine rings is 1. The standard InChI is InChI=1S/C17H24N2O3S/c1-2-15-9-18-7-3-4-16(18)10-19(15)23(20,21)17-6-5-13-11-22-12-14(13)8-17/h5-6,8,15-16H,2-4,7,9-12H2,1H3/t15-,16+/m0/s1. The van der Waals surface area contributed by atoms with Crippen molar-refractivity contribution < 1.29 is 13.2 Å². The van der Waals surface area contributed by atoms with E-state index in [1.54, 1.807) is 10.4 Å². The molecule has 4 rings (SSSR count). The molecule has 3 aliphatic heterocycles. The van der Waals surface area contributed by atoms with Crippen molar-refractivity contribution in [3.05, 3.63) is 29.3 Å². The summed E-state index contributed by atoms with van der Waals surface area (Å²) in [4.78, 5) is 2.89. The van der Waals surface area contributed by atoms with Gasteiger partial charge < -0.3 is 4.74 Å². The maximum absolute atomic E-state index is 13.2. The zero-order valence-corrected chi connectivity index (χ0v) is 14.4. The van der Waals surface area contributed by atoms with Crippen LogP contribution in [0.15, 0.2) is 23.1 Å². The van der Waals surface area contributed by atoms with E-state index in [-0.39, 0.29) is 6.04 Å². The molecule has 5 nitrogen and oxygen atoms in total. The van der Waals surface area contributed by atoms with Crippen molar-refractivity contribution in [2.45, 2.75) is 56.4 Å². The average molecular weight is 336 g/mol. The van der Waals surface area contributed by atoms with E-state index in [9.17, 15) is 8.42 Å². The lowest BCUT2D eigenvalue weighted by Gasteiger charge is -2.42. The Labute approximate surface area is 138 Å². The van der Waals surface area contributed by atoms with Gasteiger partial charge in [-0.25, -0.2) is 8.42 Å². The highest BCUT2D eigenvalue weighted by Gasteiger charge is 2.41. The number of hydrogen-bond donors (Lipinski definition) is 0. The van der Waals surface area contributed by atoms with E-state index in [0.29, 0.717) is 30.7 Å². The van der Waals surface area contributed by atoms with Gasteiger partial charge >= 0.3 is 0 Å². The maximum atomic E-state index is 13.2. The molecule has 0 bridgehead atoms. The summed E-state index contributed by atoms with van der Waals surface area (Å²) in [6.45, 7) is 5.81. The highest BCUT2D eigenvalue weighted by atomic mass is 32.2. The summed E-state index contributed by atoms with van der Waals surface area (Å²) < 4.78 is 33.6. The van der Waals surface area contributed by atoms with Gasteiger partial charge in [-0.05, 0) is 49.1 Å². The van der Waals surface area contributed by atoms with Crippen LogP contribution in [-0.2, 0) is 28.0 Å². The molecular weight excluding hydrogens is 312 g/mol. The Kier molecular flexibility index (Phi) is 3.96. The predicted molar refractivity (Wildman–Crippen MR) is 87.5 cm³/mol. The zero-order valence-electron chi connectivity index (χ0n) is 13.6. The van der Waals surface area contributed by atoms with E-state index in [1.807, 2.05) is 12.1 Å². The van der Waals surface area contributed by atoms with Gasteiger partial charge in [-0.3, -0.25) is 4.90 Å². The Balaban J connectivity index is 1.66.